The second-order valence-corrected chi connectivity index (χ2v) is 36.1. The Bertz CT molecular complexity index is 6520. The molecule has 5 atom stereocenters. The number of nitrogens with zero attached hydrogens (tertiary/aromatic N) is 20. The van der Waals surface area contributed by atoms with Crippen LogP contribution in [0.25, 0.3) is 39.8 Å². The van der Waals surface area contributed by atoms with Crippen molar-refractivity contribution >= 4 is 63.1 Å². The summed E-state index contributed by atoms with van der Waals surface area (Å²) < 4.78 is 190. The zero-order chi connectivity index (χ0) is 101. The number of nitrogen functional groups attached to an aromatic ring is 1. The lowest BCUT2D eigenvalue weighted by atomic mass is 10.2. The van der Waals surface area contributed by atoms with E-state index in [-0.39, 0.29) is 88.7 Å². The molecule has 0 bridgehead atoms. The number of carbonyl (C=O) groups excluding carboxylic acids is 2. The number of aromatic nitrogens is 21. The van der Waals surface area contributed by atoms with Gasteiger partial charge in [0.15, 0.2) is 40.2 Å². The average molecular weight is 1960 g/mol. The molecule has 5 aliphatic rings. The molecule has 5 fully saturated rings. The number of hydrogen-bond acceptors (Lipinski definition) is 22. The molecule has 0 saturated carbocycles. The smallest absolute Gasteiger partial charge is 0.288 e. The highest BCUT2D eigenvalue weighted by atomic mass is 35.5. The standard InChI is InChI=1S/C25H27F2N7O3.C16H15ClN4O2.2C15H19F2N3O.C11H13F2N3.C9H13F2N3O.C5H10O/c1-14(35)9-16-10-18(5-7-28-16)37-19-12-29-23-22(15(19)2)33(4)24(31-23)30-21-11-20(25(3,26)27)34(32-21)17-6-8-36-13-17;1-9(22)6-11-7-12(4-5-18-11)23-13-8-19-15-14(10(13)2)21(3)16(17)20-15;1-10-4-5-11(2)19(10)14-8-13(15(3,16)17)20(18-14)12-6-7-21-9-12;1-10-4-5-11(2)19(10)14-8-13(15(3,16)17)18-20(14)12-6-7-21-9-12;1-7-4-5-8(2)16(7)10-6-9(14-15-10)11(3,12)13;1-9(10,11)7-4-8(12)13-14(7)6-2-3-15-5-6;1-5-2-3-6-4-5/h5,7,10-12,17H,6,8-9,13H2,1-4H3,(H,29,30,31,32);4-5,7-8H,6H2,1-3H3;2*4-5,8,12H,6-7,9H2,1-3H3;4-6H,1-3H3,(H,14,15);4,6H,2-3,5H2,1H3,(H2,12,13);5H,2-4H2,1H3/t17-;;2*12-;;6-;5-/m0.00.01/s1. The summed E-state index contributed by atoms with van der Waals surface area (Å²) in [4.78, 5) is 48.4. The van der Waals surface area contributed by atoms with E-state index in [0.717, 1.165) is 111 Å². The number of nitrogens with two attached hydrogens (primary N) is 1. The number of nitrogens with one attached hydrogen (secondary N) is 2. The monoisotopic (exact) mass is 1960 g/mol. The Morgan fingerprint density at radius 1 is 0.475 bits per heavy atom. The molecule has 19 heterocycles. The molecule has 0 amide bonds. The van der Waals surface area contributed by atoms with E-state index in [1.54, 1.807) is 69.9 Å². The van der Waals surface area contributed by atoms with Gasteiger partial charge in [0.25, 0.3) is 29.6 Å². The molecule has 5 saturated heterocycles. The van der Waals surface area contributed by atoms with E-state index in [1.165, 1.54) is 64.6 Å². The molecule has 139 heavy (non-hydrogen) atoms. The molecule has 4 N–H and O–H groups in total. The lowest BCUT2D eigenvalue weighted by molar-refractivity contribution is -0.117. The molecule has 5 aliphatic heterocycles. The summed E-state index contributed by atoms with van der Waals surface area (Å²) >= 11 is 6.04. The van der Waals surface area contributed by atoms with Crippen molar-refractivity contribution in [3.8, 4) is 40.5 Å². The van der Waals surface area contributed by atoms with Crippen molar-refractivity contribution in [1.82, 2.24) is 102 Å². The molecule has 0 radical (unpaired) electrons. The van der Waals surface area contributed by atoms with Crippen molar-refractivity contribution in [2.24, 2.45) is 20.0 Å². The highest BCUT2D eigenvalue weighted by Crippen LogP contribution is 2.41. The number of carbonyl (C=O) groups is 2. The zero-order valence-corrected chi connectivity index (χ0v) is 81.5. The minimum absolute atomic E-state index is 0.00927. The maximum absolute atomic E-state index is 14.3. The number of aromatic amines is 1. The molecular weight excluding hydrogens is 1840 g/mol. The van der Waals surface area contributed by atoms with E-state index in [4.69, 9.17) is 50.5 Å². The predicted molar refractivity (Wildman–Crippen MR) is 501 cm³/mol. The summed E-state index contributed by atoms with van der Waals surface area (Å²) in [7, 11) is 3.62. The van der Waals surface area contributed by atoms with Crippen molar-refractivity contribution < 1.29 is 86.7 Å². The minimum Gasteiger partial charge on any atom is -0.455 e. The van der Waals surface area contributed by atoms with Crippen LogP contribution in [-0.2, 0) is 89.8 Å². The van der Waals surface area contributed by atoms with Crippen LogP contribution in [0.3, 0.4) is 0 Å². The molecule has 0 unspecified atom stereocenters. The SMILES string of the molecule is CC(=O)Cc1cc(Oc2cnc3nc(Cl)n(C)c3c2C)ccn1.CC(=O)Cc1cc(Oc2cnc3nc(Nc4cc(C(C)(F)F)n([C@H]5CCOC5)n4)n(C)c3c2C)ccn1.CC(F)(F)c1cc(N)nn1[C@H]1CCOC1.C[C@@H]1CCOC1.Cc1ccc(C)n1-c1cc(C(C)(F)F)[nH]n1.Cc1ccc(C)n1-c1cc(C(C)(F)F)n([C@H]2CCOC2)n1.Cc1ccc(C)n1-c1cc(C(C)(F)F)nn1[C@H]1CCOC1. The van der Waals surface area contributed by atoms with Gasteiger partial charge < -0.3 is 67.0 Å². The Labute approximate surface area is 801 Å². The number of hydrogen-bond donors (Lipinski definition) is 3. The molecule has 14 aromatic heterocycles. The van der Waals surface area contributed by atoms with Crippen LogP contribution in [-0.4, -0.2) is 180 Å². The van der Waals surface area contributed by atoms with Gasteiger partial charge in [-0.3, -0.25) is 38.7 Å². The summed E-state index contributed by atoms with van der Waals surface area (Å²) in [5.74, 6) is -9.11. The molecule has 746 valence electrons. The van der Waals surface area contributed by atoms with Gasteiger partial charge in [-0.1, -0.05) is 6.92 Å². The normalized spacial score (nSPS) is 17.2. The first-order valence-corrected chi connectivity index (χ1v) is 45.7. The van der Waals surface area contributed by atoms with E-state index in [0.29, 0.717) is 152 Å². The Morgan fingerprint density at radius 2 is 0.892 bits per heavy atom. The molecule has 0 aliphatic carbocycles. The summed E-state index contributed by atoms with van der Waals surface area (Å²) in [6, 6.07) is 25.1. The van der Waals surface area contributed by atoms with Gasteiger partial charge in [-0.25, -0.2) is 14.6 Å². The fraction of sp³-hybridized carbons (Fsp3) is 0.469. The second kappa shape index (κ2) is 43.4. The third kappa shape index (κ3) is 25.3. The first-order chi connectivity index (χ1) is 65.6. The molecule has 43 heteroatoms. The van der Waals surface area contributed by atoms with Gasteiger partial charge in [0, 0.05) is 201 Å². The number of aryl methyl sites for hydroxylation is 10. The fourth-order valence-electron chi connectivity index (χ4n) is 16.5. The van der Waals surface area contributed by atoms with Crippen LogP contribution in [0.2, 0.25) is 5.28 Å². The lowest BCUT2D eigenvalue weighted by Crippen LogP contribution is -2.20. The van der Waals surface area contributed by atoms with Crippen LogP contribution < -0.4 is 20.5 Å². The minimum atomic E-state index is -3.07. The van der Waals surface area contributed by atoms with Gasteiger partial charge in [-0.15, -0.1) is 0 Å². The number of ketones is 2. The molecule has 0 aromatic carbocycles. The van der Waals surface area contributed by atoms with Crippen molar-refractivity contribution in [2.45, 2.75) is 210 Å². The zero-order valence-electron chi connectivity index (χ0n) is 80.7. The van der Waals surface area contributed by atoms with E-state index >= 15 is 0 Å². The average Bonchev–Trinajstić information content (AvgIpc) is 1.64. The van der Waals surface area contributed by atoms with Gasteiger partial charge >= 0.3 is 0 Å². The molecule has 14 aromatic rings. The summed E-state index contributed by atoms with van der Waals surface area (Å²) in [5.41, 5.74) is 16.1. The van der Waals surface area contributed by atoms with E-state index in [2.05, 4.69) is 72.7 Å². The number of alkyl halides is 10. The first-order valence-electron chi connectivity index (χ1n) is 45.3. The number of ether oxygens (including phenoxy) is 7. The van der Waals surface area contributed by atoms with Crippen molar-refractivity contribution in [2.75, 3.05) is 77.1 Å². The third-order valence-electron chi connectivity index (χ3n) is 23.7. The van der Waals surface area contributed by atoms with Crippen LogP contribution in [0.15, 0.2) is 116 Å². The van der Waals surface area contributed by atoms with Gasteiger partial charge in [0.2, 0.25) is 11.2 Å². The Morgan fingerprint density at radius 3 is 1.31 bits per heavy atom. The predicted octanol–water partition coefficient (Wildman–Crippen LogP) is 20.1. The van der Waals surface area contributed by atoms with Crippen LogP contribution >= 0.6 is 11.6 Å². The van der Waals surface area contributed by atoms with Gasteiger partial charge in [0.1, 0.15) is 63.2 Å². The number of pyridine rings is 4. The van der Waals surface area contributed by atoms with Crippen LogP contribution in [0.1, 0.15) is 197 Å². The Hall–Kier alpha value is -12.6. The molecule has 32 nitrogen and oxygen atoms in total. The van der Waals surface area contributed by atoms with E-state index < -0.39 is 29.6 Å². The number of H-pyrrole nitrogens is 1. The number of rotatable bonds is 22. The maximum Gasteiger partial charge on any atom is 0.288 e. The second-order valence-electron chi connectivity index (χ2n) is 35.7. The highest BCUT2D eigenvalue weighted by Gasteiger charge is 2.39. The van der Waals surface area contributed by atoms with Gasteiger partial charge in [-0.2, -0.15) is 79.4 Å². The lowest BCUT2D eigenvalue weighted by Gasteiger charge is -2.16. The fourth-order valence-corrected chi connectivity index (χ4v) is 16.7. The number of anilines is 3. The van der Waals surface area contributed by atoms with Crippen molar-refractivity contribution in [1.29, 1.82) is 0 Å². The van der Waals surface area contributed by atoms with E-state index in [1.807, 2.05) is 113 Å². The van der Waals surface area contributed by atoms with Crippen LogP contribution in [0, 0.1) is 61.3 Å². The summed E-state index contributed by atoms with van der Waals surface area (Å²) in [5, 5.41) is 26.6. The molecular formula is C96H116ClF10N23O9. The van der Waals surface area contributed by atoms with Crippen LogP contribution in [0.4, 0.5) is 61.5 Å². The maximum atomic E-state index is 14.3. The van der Waals surface area contributed by atoms with Gasteiger partial charge in [0.05, 0.1) is 85.4 Å². The number of fused-ring (bicyclic) bond motifs is 2. The topological polar surface area (TPSA) is 339 Å². The number of imidazole rings is 2. The third-order valence-corrected chi connectivity index (χ3v) is 24.1. The number of halogens is 11. The summed E-state index contributed by atoms with van der Waals surface area (Å²) in [6.45, 7) is 31.0. The first kappa shape index (κ1) is 104. The molecule has 0 spiro atoms. The van der Waals surface area contributed by atoms with Gasteiger partial charge in [-0.05, 0) is 167 Å². The summed E-state index contributed by atoms with van der Waals surface area (Å²) in [6.07, 6.45) is 11.0. The molecule has 19 rings (SSSR count). The largest absolute Gasteiger partial charge is 0.455 e. The number of Topliss-reactive ketones (excluding diaryl/α,β-unsaturated/α-hetero) is 2. The Kier molecular flexibility index (Phi) is 32.4. The highest BCUT2D eigenvalue weighted by molar-refractivity contribution is 6.29. The van der Waals surface area contributed by atoms with Crippen molar-refractivity contribution in [3.63, 3.8) is 0 Å². The Balaban J connectivity index is 0.000000142. The van der Waals surface area contributed by atoms with E-state index in [9.17, 15) is 53.5 Å². The quantitative estimate of drug-likeness (QED) is 0.0531. The van der Waals surface area contributed by atoms with Crippen LogP contribution in [0.5, 0.6) is 23.0 Å². The van der Waals surface area contributed by atoms with Crippen molar-refractivity contribution in [3.05, 3.63) is 206 Å².